The minimum Gasteiger partial charge on any atom is -0.478 e. The van der Waals surface area contributed by atoms with Crippen molar-refractivity contribution in [2.24, 2.45) is 0 Å². The second kappa shape index (κ2) is 8.10. The third-order valence-corrected chi connectivity index (χ3v) is 1.65. The van der Waals surface area contributed by atoms with Gasteiger partial charge in [-0.15, -0.1) is 0 Å². The summed E-state index contributed by atoms with van der Waals surface area (Å²) in [6.45, 7) is 6.38. The monoisotopic (exact) mass is 236 g/mol. The molecule has 0 aliphatic carbocycles. The van der Waals surface area contributed by atoms with Crippen LogP contribution in [-0.4, -0.2) is 17.0 Å². The van der Waals surface area contributed by atoms with Crippen molar-refractivity contribution in [2.45, 2.75) is 20.5 Å². The van der Waals surface area contributed by atoms with E-state index in [4.69, 9.17) is 9.84 Å². The molecule has 1 rings (SSSR count). The van der Waals surface area contributed by atoms with Crippen molar-refractivity contribution in [3.05, 3.63) is 48.0 Å². The van der Waals surface area contributed by atoms with Gasteiger partial charge in [-0.2, -0.15) is 0 Å². The molecule has 0 fully saturated rings. The number of carboxylic acids is 1. The number of hydrogen-bond donors (Lipinski definition) is 1. The number of carboxylic acid groups (broad SMARTS) is 1. The number of ether oxygens (including phenoxy) is 1. The summed E-state index contributed by atoms with van der Waals surface area (Å²) in [4.78, 5) is 20.0. The second-order valence-electron chi connectivity index (χ2n) is 3.35. The van der Waals surface area contributed by atoms with Gasteiger partial charge >= 0.3 is 11.9 Å². The lowest BCUT2D eigenvalue weighted by molar-refractivity contribution is -0.142. The number of rotatable bonds is 3. The molecule has 0 aromatic heterocycles. The van der Waals surface area contributed by atoms with Gasteiger partial charge in [-0.05, 0) is 12.5 Å². The van der Waals surface area contributed by atoms with E-state index < -0.39 is 5.97 Å². The summed E-state index contributed by atoms with van der Waals surface area (Å²) in [6.07, 6.45) is 0. The van der Waals surface area contributed by atoms with Crippen LogP contribution in [0.4, 0.5) is 0 Å². The molecule has 1 aromatic rings. The molecule has 0 atom stereocenters. The first kappa shape index (κ1) is 14.9. The molecule has 0 radical (unpaired) electrons. The quantitative estimate of drug-likeness (QED) is 0.646. The molecule has 4 heteroatoms. The van der Waals surface area contributed by atoms with E-state index in [9.17, 15) is 9.59 Å². The molecular weight excluding hydrogens is 220 g/mol. The average molecular weight is 236 g/mol. The number of carbonyl (C=O) groups is 2. The molecule has 0 saturated carbocycles. The summed E-state index contributed by atoms with van der Waals surface area (Å²) in [5, 5.41) is 7.89. The molecular formula is C13H16O4. The Morgan fingerprint density at radius 3 is 2.06 bits per heavy atom. The third-order valence-electron chi connectivity index (χ3n) is 1.65. The molecule has 4 nitrogen and oxygen atoms in total. The van der Waals surface area contributed by atoms with Gasteiger partial charge in [-0.1, -0.05) is 36.9 Å². The second-order valence-corrected chi connectivity index (χ2v) is 3.35. The van der Waals surface area contributed by atoms with Crippen molar-refractivity contribution >= 4 is 11.9 Å². The highest BCUT2D eigenvalue weighted by atomic mass is 16.5. The summed E-state index contributed by atoms with van der Waals surface area (Å²) >= 11 is 0. The van der Waals surface area contributed by atoms with Crippen LogP contribution in [0, 0.1) is 0 Å². The Labute approximate surface area is 101 Å². The number of carbonyl (C=O) groups excluding carboxylic acids is 1. The van der Waals surface area contributed by atoms with Crippen molar-refractivity contribution in [3.8, 4) is 0 Å². The molecule has 17 heavy (non-hydrogen) atoms. The lowest BCUT2D eigenvalue weighted by Crippen LogP contribution is -1.97. The van der Waals surface area contributed by atoms with Crippen molar-refractivity contribution in [2.75, 3.05) is 0 Å². The molecule has 92 valence electrons. The molecule has 1 N–H and O–H groups in total. The predicted molar refractivity (Wildman–Crippen MR) is 64.4 cm³/mol. The lowest BCUT2D eigenvalue weighted by atomic mass is 10.2. The summed E-state index contributed by atoms with van der Waals surface area (Å²) in [5.41, 5.74) is 1.19. The molecule has 0 unspecified atom stereocenters. The smallest absolute Gasteiger partial charge is 0.330 e. The fraction of sp³-hybridized carbons (Fsp3) is 0.231. The highest BCUT2D eigenvalue weighted by Crippen LogP contribution is 1.99. The van der Waals surface area contributed by atoms with Gasteiger partial charge in [0.15, 0.2) is 0 Å². The summed E-state index contributed by atoms with van der Waals surface area (Å²) in [6, 6.07) is 9.60. The number of hydrogen-bond acceptors (Lipinski definition) is 3. The van der Waals surface area contributed by atoms with E-state index in [0.717, 1.165) is 5.56 Å². The first-order valence-electron chi connectivity index (χ1n) is 4.99. The van der Waals surface area contributed by atoms with Crippen LogP contribution in [0.1, 0.15) is 19.4 Å². The Balaban J connectivity index is 0.000000366. The fourth-order valence-electron chi connectivity index (χ4n) is 0.759. The first-order valence-corrected chi connectivity index (χ1v) is 4.99. The van der Waals surface area contributed by atoms with Gasteiger partial charge in [0.25, 0.3) is 0 Å². The van der Waals surface area contributed by atoms with Gasteiger partial charge in [0.2, 0.25) is 0 Å². The zero-order chi connectivity index (χ0) is 13.3. The zero-order valence-electron chi connectivity index (χ0n) is 9.97. The SMILES string of the molecule is C=C(C)C(=O)O.CC(=O)OCc1ccccc1. The number of esters is 1. The lowest BCUT2D eigenvalue weighted by Gasteiger charge is -1.99. The zero-order valence-corrected chi connectivity index (χ0v) is 9.97. The molecule has 0 aliphatic heterocycles. The normalized spacial score (nSPS) is 8.59. The van der Waals surface area contributed by atoms with Crippen molar-refractivity contribution < 1.29 is 19.4 Å². The highest BCUT2D eigenvalue weighted by Gasteiger charge is 1.93. The van der Waals surface area contributed by atoms with Crippen molar-refractivity contribution in [1.29, 1.82) is 0 Å². The van der Waals surface area contributed by atoms with Crippen LogP contribution < -0.4 is 0 Å². The standard InChI is InChI=1S/C9H10O2.C4H6O2/c1-8(10)11-7-9-5-3-2-4-6-9;1-3(2)4(5)6/h2-6H,7H2,1H3;1H2,2H3,(H,5,6). The van der Waals surface area contributed by atoms with Crippen LogP contribution in [0.25, 0.3) is 0 Å². The topological polar surface area (TPSA) is 63.6 Å². The van der Waals surface area contributed by atoms with Gasteiger partial charge in [-0.25, -0.2) is 4.79 Å². The van der Waals surface area contributed by atoms with Crippen LogP contribution in [0.5, 0.6) is 0 Å². The Hall–Kier alpha value is -2.10. The van der Waals surface area contributed by atoms with E-state index in [1.807, 2.05) is 30.3 Å². The molecule has 0 bridgehead atoms. The minimum absolute atomic E-state index is 0.176. The van der Waals surface area contributed by atoms with Crippen LogP contribution in [0.3, 0.4) is 0 Å². The predicted octanol–water partition coefficient (Wildman–Crippen LogP) is 2.40. The van der Waals surface area contributed by atoms with Gasteiger partial charge in [0.05, 0.1) is 0 Å². The molecule has 1 aromatic carbocycles. The Morgan fingerprint density at radius 1 is 1.24 bits per heavy atom. The molecule has 0 heterocycles. The van der Waals surface area contributed by atoms with Crippen LogP contribution in [-0.2, 0) is 20.9 Å². The maximum Gasteiger partial charge on any atom is 0.330 e. The largest absolute Gasteiger partial charge is 0.478 e. The van der Waals surface area contributed by atoms with Gasteiger partial charge in [0.1, 0.15) is 6.61 Å². The van der Waals surface area contributed by atoms with Gasteiger partial charge in [-0.3, -0.25) is 4.79 Å². The first-order chi connectivity index (χ1) is 7.93. The summed E-state index contributed by atoms with van der Waals surface area (Å²) in [5.74, 6) is -1.18. The Morgan fingerprint density at radius 2 is 1.71 bits per heavy atom. The van der Waals surface area contributed by atoms with Crippen molar-refractivity contribution in [1.82, 2.24) is 0 Å². The summed E-state index contributed by atoms with van der Waals surface area (Å²) < 4.78 is 4.79. The molecule has 0 spiro atoms. The maximum absolute atomic E-state index is 10.4. The van der Waals surface area contributed by atoms with Gasteiger partial charge in [0, 0.05) is 12.5 Å². The van der Waals surface area contributed by atoms with Gasteiger partial charge < -0.3 is 9.84 Å². The van der Waals surface area contributed by atoms with Crippen molar-refractivity contribution in [3.63, 3.8) is 0 Å². The number of aliphatic carboxylic acids is 1. The van der Waals surface area contributed by atoms with Crippen LogP contribution in [0.15, 0.2) is 42.5 Å². The molecule has 0 saturated heterocycles. The third kappa shape index (κ3) is 8.87. The van der Waals surface area contributed by atoms with E-state index in [1.165, 1.54) is 13.8 Å². The van der Waals surface area contributed by atoms with Crippen LogP contribution in [0.2, 0.25) is 0 Å². The van der Waals surface area contributed by atoms with E-state index in [0.29, 0.717) is 6.61 Å². The average Bonchev–Trinajstić information content (AvgIpc) is 2.28. The Kier molecular flexibility index (Phi) is 7.10. The van der Waals surface area contributed by atoms with E-state index in [1.54, 1.807) is 0 Å². The summed E-state index contributed by atoms with van der Waals surface area (Å²) in [7, 11) is 0. The molecule has 0 amide bonds. The highest BCUT2D eigenvalue weighted by molar-refractivity contribution is 5.84. The Bertz CT molecular complexity index is 370. The maximum atomic E-state index is 10.4. The molecule has 0 aliphatic rings. The van der Waals surface area contributed by atoms with E-state index in [-0.39, 0.29) is 11.5 Å². The minimum atomic E-state index is -0.935. The van der Waals surface area contributed by atoms with E-state index in [2.05, 4.69) is 6.58 Å². The number of benzene rings is 1. The van der Waals surface area contributed by atoms with Crippen LogP contribution >= 0.6 is 0 Å². The van der Waals surface area contributed by atoms with E-state index >= 15 is 0 Å². The fourth-order valence-corrected chi connectivity index (χ4v) is 0.759.